The van der Waals surface area contributed by atoms with Gasteiger partial charge in [0.25, 0.3) is 11.8 Å². The molecule has 7 rings (SSSR count). The fourth-order valence-electron chi connectivity index (χ4n) is 5.93. The number of anilines is 1. The molecule has 4 heterocycles. The third-order valence-electron chi connectivity index (χ3n) is 7.84. The number of para-hydroxylation sites is 2. The Bertz CT molecular complexity index is 1770. The van der Waals surface area contributed by atoms with Gasteiger partial charge in [-0.25, -0.2) is 9.69 Å². The smallest absolute Gasteiger partial charge is 0.332 e. The van der Waals surface area contributed by atoms with Crippen molar-refractivity contribution in [3.63, 3.8) is 0 Å². The minimum Gasteiger partial charge on any atom is -0.467 e. The molecule has 8 heteroatoms. The van der Waals surface area contributed by atoms with Gasteiger partial charge < -0.3 is 14.7 Å². The number of furan rings is 1. The predicted octanol–water partition coefficient (Wildman–Crippen LogP) is 5.48. The van der Waals surface area contributed by atoms with Crippen LogP contribution in [0, 0.1) is 6.92 Å². The number of urea groups is 1. The highest BCUT2D eigenvalue weighted by atomic mass is 16.3. The predicted molar refractivity (Wildman–Crippen MR) is 150 cm³/mol. The maximum Gasteiger partial charge on any atom is 0.332 e. The fraction of sp³-hybridized carbons (Fsp3) is 0.156. The fourth-order valence-corrected chi connectivity index (χ4v) is 5.93. The molecule has 5 aromatic rings. The molecular formula is C32H26N4O4. The molecule has 2 N–H and O–H groups in total. The van der Waals surface area contributed by atoms with Gasteiger partial charge in [0.1, 0.15) is 17.8 Å². The second-order valence-corrected chi connectivity index (χ2v) is 10.2. The number of rotatable bonds is 5. The van der Waals surface area contributed by atoms with Gasteiger partial charge in [-0.15, -0.1) is 0 Å². The van der Waals surface area contributed by atoms with Crippen molar-refractivity contribution in [3.8, 4) is 0 Å². The Morgan fingerprint density at radius 2 is 1.75 bits per heavy atom. The number of H-pyrrole nitrogens is 1. The van der Waals surface area contributed by atoms with E-state index in [1.165, 1.54) is 11.2 Å². The third kappa shape index (κ3) is 3.71. The first-order valence-electron chi connectivity index (χ1n) is 13.2. The van der Waals surface area contributed by atoms with Crippen molar-refractivity contribution in [2.24, 2.45) is 0 Å². The minimum atomic E-state index is -0.704. The molecule has 2 aliphatic heterocycles. The lowest BCUT2D eigenvalue weighted by Crippen LogP contribution is -2.44. The van der Waals surface area contributed by atoms with E-state index >= 15 is 0 Å². The molecule has 2 aromatic heterocycles. The summed E-state index contributed by atoms with van der Waals surface area (Å²) in [4.78, 5) is 47.9. The lowest BCUT2D eigenvalue weighted by Gasteiger charge is -2.36. The summed E-state index contributed by atoms with van der Waals surface area (Å²) < 4.78 is 5.32. The molecule has 2 aliphatic rings. The molecule has 40 heavy (non-hydrogen) atoms. The number of nitrogens with one attached hydrogen (secondary N) is 2. The van der Waals surface area contributed by atoms with Gasteiger partial charge in [0.2, 0.25) is 0 Å². The van der Waals surface area contributed by atoms with Crippen LogP contribution in [-0.4, -0.2) is 33.8 Å². The summed E-state index contributed by atoms with van der Waals surface area (Å²) >= 11 is 0. The van der Waals surface area contributed by atoms with Crippen LogP contribution in [0.2, 0.25) is 0 Å². The number of hydrogen-bond donors (Lipinski definition) is 2. The van der Waals surface area contributed by atoms with Gasteiger partial charge >= 0.3 is 6.03 Å². The number of carbonyl (C=O) groups is 3. The van der Waals surface area contributed by atoms with Crippen molar-refractivity contribution in [2.75, 3.05) is 4.90 Å². The highest BCUT2D eigenvalue weighted by Gasteiger charge is 2.53. The second-order valence-electron chi connectivity index (χ2n) is 10.2. The van der Waals surface area contributed by atoms with E-state index in [0.29, 0.717) is 12.2 Å². The lowest BCUT2D eigenvalue weighted by atomic mass is 9.88. The summed E-state index contributed by atoms with van der Waals surface area (Å²) in [5.74, 6) is -0.140. The van der Waals surface area contributed by atoms with Crippen LogP contribution in [0.3, 0.4) is 0 Å². The van der Waals surface area contributed by atoms with E-state index in [1.807, 2.05) is 55.5 Å². The van der Waals surface area contributed by atoms with Crippen molar-refractivity contribution in [3.05, 3.63) is 125 Å². The Morgan fingerprint density at radius 1 is 0.975 bits per heavy atom. The number of amides is 4. The molecule has 1 fully saturated rings. The van der Waals surface area contributed by atoms with Gasteiger partial charge in [0.15, 0.2) is 0 Å². The normalized spacial score (nSPS) is 18.2. The van der Waals surface area contributed by atoms with Crippen molar-refractivity contribution in [1.29, 1.82) is 0 Å². The summed E-state index contributed by atoms with van der Waals surface area (Å²) in [6, 6.07) is 24.6. The largest absolute Gasteiger partial charge is 0.467 e. The number of nitrogens with zero attached hydrogens (tertiary/aromatic N) is 2. The molecule has 0 aliphatic carbocycles. The molecule has 4 amide bonds. The number of carbonyl (C=O) groups excluding carboxylic acids is 3. The molecule has 8 nitrogen and oxygen atoms in total. The van der Waals surface area contributed by atoms with E-state index in [4.69, 9.17) is 4.42 Å². The molecule has 0 spiro atoms. The quantitative estimate of drug-likeness (QED) is 0.294. The maximum absolute atomic E-state index is 14.2. The highest BCUT2D eigenvalue weighted by molar-refractivity contribution is 6.24. The van der Waals surface area contributed by atoms with E-state index in [-0.39, 0.29) is 23.7 Å². The molecule has 0 saturated carbocycles. The van der Waals surface area contributed by atoms with Gasteiger partial charge in [0, 0.05) is 23.0 Å². The summed E-state index contributed by atoms with van der Waals surface area (Å²) in [5.41, 5.74) is 5.44. The third-order valence-corrected chi connectivity index (χ3v) is 7.84. The number of fused-ring (bicyclic) bond motifs is 4. The highest BCUT2D eigenvalue weighted by Crippen LogP contribution is 2.45. The summed E-state index contributed by atoms with van der Waals surface area (Å²) in [6.45, 7) is 2.20. The number of hydrogen-bond acceptors (Lipinski definition) is 4. The van der Waals surface area contributed by atoms with Crippen LogP contribution in [0.5, 0.6) is 0 Å². The zero-order valence-corrected chi connectivity index (χ0v) is 21.8. The van der Waals surface area contributed by atoms with Crippen LogP contribution in [0.4, 0.5) is 10.5 Å². The first-order valence-corrected chi connectivity index (χ1v) is 13.2. The Labute approximate surface area is 230 Å². The van der Waals surface area contributed by atoms with Gasteiger partial charge in [-0.3, -0.25) is 14.5 Å². The van der Waals surface area contributed by atoms with Crippen molar-refractivity contribution < 1.29 is 18.8 Å². The van der Waals surface area contributed by atoms with Crippen LogP contribution in [-0.2, 0) is 17.8 Å². The van der Waals surface area contributed by atoms with E-state index in [2.05, 4.69) is 10.3 Å². The molecule has 3 aromatic carbocycles. The number of benzene rings is 3. The van der Waals surface area contributed by atoms with Crippen molar-refractivity contribution >= 4 is 34.4 Å². The first kappa shape index (κ1) is 24.0. The Hall–Kier alpha value is -5.11. The standard InChI is InChI=1S/C32H26N4O4/c1-19-12-14-20(15-13-19)29-28-24(22-8-2-4-10-25(22)34-28)17-27-31(38)36(32(39)35(27)29)26-11-5-3-9-23(26)30(37)33-18-21-7-6-16-40-21/h2-16,27,29,34H,17-18H2,1H3,(H,33,37). The molecule has 2 unspecified atom stereocenters. The van der Waals surface area contributed by atoms with Crippen molar-refractivity contribution in [1.82, 2.24) is 15.2 Å². The van der Waals surface area contributed by atoms with Gasteiger partial charge in [-0.05, 0) is 48.4 Å². The molecule has 0 bridgehead atoms. The average Bonchev–Trinajstić information content (AvgIpc) is 3.69. The molecule has 1 saturated heterocycles. The zero-order valence-electron chi connectivity index (χ0n) is 21.8. The van der Waals surface area contributed by atoms with Crippen LogP contribution in [0.15, 0.2) is 95.6 Å². The van der Waals surface area contributed by atoms with Gasteiger partial charge in [-0.2, -0.15) is 0 Å². The SMILES string of the molecule is Cc1ccc(C2c3[nH]c4ccccc4c3CC3C(=O)N(c4ccccc4C(=O)NCc4ccco4)C(=O)N32)cc1. The summed E-state index contributed by atoms with van der Waals surface area (Å²) in [6.07, 6.45) is 1.92. The topological polar surface area (TPSA) is 98.6 Å². The van der Waals surface area contributed by atoms with E-state index in [1.54, 1.807) is 41.3 Å². The number of imide groups is 1. The van der Waals surface area contributed by atoms with Gasteiger partial charge in [-0.1, -0.05) is 60.2 Å². The van der Waals surface area contributed by atoms with E-state index in [9.17, 15) is 14.4 Å². The second kappa shape index (κ2) is 9.27. The molecular weight excluding hydrogens is 504 g/mol. The van der Waals surface area contributed by atoms with Crippen LogP contribution >= 0.6 is 0 Å². The number of aromatic amines is 1. The molecule has 0 radical (unpaired) electrons. The Kier molecular flexibility index (Phi) is 5.55. The lowest BCUT2D eigenvalue weighted by molar-refractivity contribution is -0.120. The van der Waals surface area contributed by atoms with E-state index in [0.717, 1.165) is 33.3 Å². The van der Waals surface area contributed by atoms with Crippen LogP contribution in [0.25, 0.3) is 10.9 Å². The minimum absolute atomic E-state index is 0.189. The van der Waals surface area contributed by atoms with Crippen LogP contribution < -0.4 is 10.2 Å². The van der Waals surface area contributed by atoms with Crippen molar-refractivity contribution in [2.45, 2.75) is 32.0 Å². The Balaban J connectivity index is 1.30. The maximum atomic E-state index is 14.2. The number of aryl methyl sites for hydroxylation is 1. The summed E-state index contributed by atoms with van der Waals surface area (Å²) in [5, 5.41) is 3.87. The van der Waals surface area contributed by atoms with Crippen LogP contribution in [0.1, 0.15) is 44.5 Å². The van der Waals surface area contributed by atoms with E-state index < -0.39 is 24.0 Å². The molecule has 198 valence electrons. The molecule has 2 atom stereocenters. The number of aromatic nitrogens is 1. The van der Waals surface area contributed by atoms with Gasteiger partial charge in [0.05, 0.1) is 24.1 Å². The first-order chi connectivity index (χ1) is 19.5. The summed E-state index contributed by atoms with van der Waals surface area (Å²) in [7, 11) is 0. The monoisotopic (exact) mass is 530 g/mol. The Morgan fingerprint density at radius 3 is 2.55 bits per heavy atom. The zero-order chi connectivity index (χ0) is 27.4. The average molecular weight is 531 g/mol.